The molecule has 0 unspecified atom stereocenters. The Bertz CT molecular complexity index is 1030. The number of hydrogen-bond donors (Lipinski definition) is 0. The van der Waals surface area contributed by atoms with Gasteiger partial charge in [-0.2, -0.15) is 26.3 Å². The SMILES string of the molecule is O=C(OC(C(F)(F)F)C(F)(F)F)N1CCC2(CCCN2C(=O)c2ccc3nccn3c2)CC1. The first kappa shape index (κ1) is 23.2. The van der Waals surface area contributed by atoms with Gasteiger partial charge >= 0.3 is 18.4 Å². The molecule has 4 rings (SSSR count). The summed E-state index contributed by atoms with van der Waals surface area (Å²) in [5.41, 5.74) is 0.484. The Morgan fingerprint density at radius 1 is 1.00 bits per heavy atom. The Balaban J connectivity index is 1.44. The van der Waals surface area contributed by atoms with Crippen LogP contribution in [0.25, 0.3) is 5.65 Å². The molecule has 4 heterocycles. The summed E-state index contributed by atoms with van der Waals surface area (Å²) in [4.78, 5) is 31.9. The lowest BCUT2D eigenvalue weighted by molar-refractivity contribution is -0.308. The normalized spacial score (nSPS) is 19.0. The van der Waals surface area contributed by atoms with Crippen molar-refractivity contribution < 1.29 is 40.7 Å². The third kappa shape index (κ3) is 4.44. The van der Waals surface area contributed by atoms with Crippen molar-refractivity contribution in [2.75, 3.05) is 19.6 Å². The summed E-state index contributed by atoms with van der Waals surface area (Å²) in [5.74, 6) is -0.228. The first-order valence-electron chi connectivity index (χ1n) is 10.2. The van der Waals surface area contributed by atoms with Crippen LogP contribution in [0.5, 0.6) is 0 Å². The van der Waals surface area contributed by atoms with Gasteiger partial charge in [0.1, 0.15) is 5.65 Å². The number of ether oxygens (including phenoxy) is 1. The van der Waals surface area contributed by atoms with Crippen molar-refractivity contribution in [1.82, 2.24) is 19.2 Å². The monoisotopic (exact) mass is 478 g/mol. The third-order valence-electron chi connectivity index (χ3n) is 6.24. The van der Waals surface area contributed by atoms with Gasteiger partial charge in [0.25, 0.3) is 12.0 Å². The fraction of sp³-hybridized carbons (Fsp3) is 0.550. The maximum absolute atomic E-state index is 13.2. The van der Waals surface area contributed by atoms with Crippen LogP contribution in [-0.4, -0.2) is 74.8 Å². The molecule has 2 aromatic heterocycles. The summed E-state index contributed by atoms with van der Waals surface area (Å²) in [6.45, 7) is 0.229. The lowest BCUT2D eigenvalue weighted by Gasteiger charge is -2.44. The number of hydrogen-bond acceptors (Lipinski definition) is 4. The number of nitrogens with zero attached hydrogens (tertiary/aromatic N) is 4. The van der Waals surface area contributed by atoms with Crippen LogP contribution in [0.4, 0.5) is 31.1 Å². The lowest BCUT2D eigenvalue weighted by atomic mass is 9.84. The third-order valence-corrected chi connectivity index (χ3v) is 6.24. The molecule has 7 nitrogen and oxygen atoms in total. The molecule has 0 aromatic carbocycles. The van der Waals surface area contributed by atoms with Gasteiger partial charge in [0.2, 0.25) is 0 Å². The zero-order valence-corrected chi connectivity index (χ0v) is 17.2. The van der Waals surface area contributed by atoms with E-state index < -0.39 is 30.1 Å². The van der Waals surface area contributed by atoms with Gasteiger partial charge in [0, 0.05) is 43.8 Å². The average Bonchev–Trinajstić information content (AvgIpc) is 3.36. The Hall–Kier alpha value is -2.99. The molecule has 1 spiro atoms. The number of alkyl halides is 6. The van der Waals surface area contributed by atoms with E-state index in [-0.39, 0.29) is 31.8 Å². The topological polar surface area (TPSA) is 67.2 Å². The highest BCUT2D eigenvalue weighted by Gasteiger charge is 2.60. The number of amides is 2. The van der Waals surface area contributed by atoms with Gasteiger partial charge < -0.3 is 18.9 Å². The zero-order chi connectivity index (χ0) is 24.0. The van der Waals surface area contributed by atoms with E-state index in [9.17, 15) is 35.9 Å². The van der Waals surface area contributed by atoms with Crippen molar-refractivity contribution in [2.45, 2.75) is 49.7 Å². The van der Waals surface area contributed by atoms with Crippen LogP contribution in [0.15, 0.2) is 30.7 Å². The summed E-state index contributed by atoms with van der Waals surface area (Å²) in [6, 6.07) is 3.35. The van der Waals surface area contributed by atoms with Gasteiger partial charge in [-0.25, -0.2) is 9.78 Å². The van der Waals surface area contributed by atoms with E-state index in [1.165, 1.54) is 0 Å². The molecular weight excluding hydrogens is 458 g/mol. The fourth-order valence-corrected chi connectivity index (χ4v) is 4.58. The molecule has 0 atom stereocenters. The standard InChI is InChI=1S/C20H20F6N4O3/c21-19(22,23)16(20(24,25)26)33-17(32)28-9-5-18(6-10-28)4-1-8-30(18)15(31)13-2-3-14-27-7-11-29(14)12-13/h2-3,7,11-12,16H,1,4-6,8-10H2. The summed E-state index contributed by atoms with van der Waals surface area (Å²) in [5, 5.41) is 0. The molecule has 180 valence electrons. The molecule has 33 heavy (non-hydrogen) atoms. The molecule has 13 heteroatoms. The van der Waals surface area contributed by atoms with Crippen LogP contribution in [0.2, 0.25) is 0 Å². The van der Waals surface area contributed by atoms with E-state index in [0.29, 0.717) is 30.6 Å². The molecule has 2 aliphatic heterocycles. The molecule has 2 amide bonds. The van der Waals surface area contributed by atoms with E-state index in [2.05, 4.69) is 9.72 Å². The summed E-state index contributed by atoms with van der Waals surface area (Å²) < 4.78 is 81.7. The van der Waals surface area contributed by atoms with E-state index in [0.717, 1.165) is 4.90 Å². The Morgan fingerprint density at radius 2 is 1.67 bits per heavy atom. The number of rotatable bonds is 2. The maximum Gasteiger partial charge on any atom is 0.434 e. The van der Waals surface area contributed by atoms with Crippen molar-refractivity contribution in [3.05, 3.63) is 36.3 Å². The van der Waals surface area contributed by atoms with Gasteiger partial charge in [0.05, 0.1) is 5.56 Å². The minimum Gasteiger partial charge on any atom is -0.426 e. The van der Waals surface area contributed by atoms with Crippen molar-refractivity contribution in [1.29, 1.82) is 0 Å². The van der Waals surface area contributed by atoms with Crippen LogP contribution in [0.1, 0.15) is 36.0 Å². The molecule has 0 aliphatic carbocycles. The molecule has 2 aromatic rings. The molecule has 0 N–H and O–H groups in total. The number of piperidine rings is 1. The van der Waals surface area contributed by atoms with Crippen molar-refractivity contribution in [2.24, 2.45) is 0 Å². The number of aromatic nitrogens is 2. The van der Waals surface area contributed by atoms with E-state index in [1.54, 1.807) is 40.0 Å². The summed E-state index contributed by atoms with van der Waals surface area (Å²) in [7, 11) is 0. The Morgan fingerprint density at radius 3 is 2.30 bits per heavy atom. The smallest absolute Gasteiger partial charge is 0.426 e. The predicted molar refractivity (Wildman–Crippen MR) is 101 cm³/mol. The number of imidazole rings is 1. The van der Waals surface area contributed by atoms with Crippen molar-refractivity contribution in [3.63, 3.8) is 0 Å². The van der Waals surface area contributed by atoms with Crippen molar-refractivity contribution in [3.8, 4) is 0 Å². The Labute approximate surface area is 183 Å². The zero-order valence-electron chi connectivity index (χ0n) is 17.2. The highest BCUT2D eigenvalue weighted by Crippen LogP contribution is 2.40. The van der Waals surface area contributed by atoms with Gasteiger partial charge in [-0.15, -0.1) is 0 Å². The summed E-state index contributed by atoms with van der Waals surface area (Å²) >= 11 is 0. The van der Waals surface area contributed by atoms with E-state index in [1.807, 2.05) is 0 Å². The molecule has 0 radical (unpaired) electrons. The van der Waals surface area contributed by atoms with Crippen LogP contribution in [0.3, 0.4) is 0 Å². The number of carbonyl (C=O) groups is 2. The fourth-order valence-electron chi connectivity index (χ4n) is 4.58. The molecule has 0 bridgehead atoms. The number of fused-ring (bicyclic) bond motifs is 1. The molecule has 2 saturated heterocycles. The second kappa shape index (κ2) is 8.10. The number of carbonyl (C=O) groups excluding carboxylic acids is 2. The van der Waals surface area contributed by atoms with Gasteiger partial charge in [0.15, 0.2) is 0 Å². The second-order valence-electron chi connectivity index (χ2n) is 8.23. The minimum absolute atomic E-state index is 0.119. The number of pyridine rings is 1. The summed E-state index contributed by atoms with van der Waals surface area (Å²) in [6.07, 6.45) is -10.7. The quantitative estimate of drug-likeness (QED) is 0.612. The lowest BCUT2D eigenvalue weighted by Crippen LogP contribution is -2.56. The van der Waals surface area contributed by atoms with Crippen LogP contribution in [-0.2, 0) is 4.74 Å². The van der Waals surface area contributed by atoms with Gasteiger partial charge in [-0.1, -0.05) is 0 Å². The first-order chi connectivity index (χ1) is 15.4. The van der Waals surface area contributed by atoms with Crippen LogP contribution >= 0.6 is 0 Å². The number of halogens is 6. The van der Waals surface area contributed by atoms with E-state index in [4.69, 9.17) is 0 Å². The average molecular weight is 478 g/mol. The molecule has 2 aliphatic rings. The predicted octanol–water partition coefficient (Wildman–Crippen LogP) is 4.03. The number of likely N-dealkylation sites (tertiary alicyclic amines) is 2. The molecular formula is C20H20F6N4O3. The van der Waals surface area contributed by atoms with Gasteiger partial charge in [-0.05, 0) is 37.8 Å². The van der Waals surface area contributed by atoms with Gasteiger partial charge in [-0.3, -0.25) is 4.79 Å². The van der Waals surface area contributed by atoms with Crippen LogP contribution < -0.4 is 0 Å². The molecule has 2 fully saturated rings. The second-order valence-corrected chi connectivity index (χ2v) is 8.23. The first-order valence-corrected chi connectivity index (χ1v) is 10.2. The van der Waals surface area contributed by atoms with Crippen LogP contribution in [0, 0.1) is 0 Å². The minimum atomic E-state index is -5.77. The largest absolute Gasteiger partial charge is 0.434 e. The van der Waals surface area contributed by atoms with E-state index >= 15 is 0 Å². The van der Waals surface area contributed by atoms with Crippen molar-refractivity contribution >= 4 is 17.6 Å². The molecule has 0 saturated carbocycles. The maximum atomic E-state index is 13.2. The highest BCUT2D eigenvalue weighted by molar-refractivity contribution is 5.95. The Kier molecular flexibility index (Phi) is 5.69. The highest BCUT2D eigenvalue weighted by atomic mass is 19.4.